The van der Waals surface area contributed by atoms with E-state index in [1.54, 1.807) is 4.90 Å². The second kappa shape index (κ2) is 5.98. The molecule has 1 fully saturated rings. The molecule has 18 heavy (non-hydrogen) atoms. The monoisotopic (exact) mass is 248 g/mol. The SMILES string of the molecule is CN(C(=O)C(N)c1ccccc1)C1CCOCC1. The smallest absolute Gasteiger partial charge is 0.244 e. The van der Waals surface area contributed by atoms with Crippen molar-refractivity contribution in [3.63, 3.8) is 0 Å². The summed E-state index contributed by atoms with van der Waals surface area (Å²) in [4.78, 5) is 14.1. The minimum Gasteiger partial charge on any atom is -0.381 e. The summed E-state index contributed by atoms with van der Waals surface area (Å²) >= 11 is 0. The molecule has 98 valence electrons. The predicted octanol–water partition coefficient (Wildman–Crippen LogP) is 1.32. The first kappa shape index (κ1) is 13.1. The average Bonchev–Trinajstić information content (AvgIpc) is 2.47. The molecule has 0 aliphatic carbocycles. The van der Waals surface area contributed by atoms with Crippen molar-refractivity contribution in [2.24, 2.45) is 5.73 Å². The molecule has 0 bridgehead atoms. The lowest BCUT2D eigenvalue weighted by Gasteiger charge is -2.32. The largest absolute Gasteiger partial charge is 0.381 e. The van der Waals surface area contributed by atoms with Gasteiger partial charge in [-0.25, -0.2) is 0 Å². The predicted molar refractivity (Wildman–Crippen MR) is 70.0 cm³/mol. The Bertz CT molecular complexity index is 388. The van der Waals surface area contributed by atoms with Gasteiger partial charge in [0.05, 0.1) is 0 Å². The van der Waals surface area contributed by atoms with Crippen LogP contribution in [0, 0.1) is 0 Å². The van der Waals surface area contributed by atoms with Crippen molar-refractivity contribution in [1.82, 2.24) is 4.90 Å². The van der Waals surface area contributed by atoms with Crippen LogP contribution in [0.25, 0.3) is 0 Å². The van der Waals surface area contributed by atoms with Gasteiger partial charge in [0.2, 0.25) is 5.91 Å². The molecule has 4 nitrogen and oxygen atoms in total. The summed E-state index contributed by atoms with van der Waals surface area (Å²) in [5, 5.41) is 0. The van der Waals surface area contributed by atoms with Gasteiger partial charge in [0, 0.05) is 26.3 Å². The van der Waals surface area contributed by atoms with Crippen LogP contribution in [0.2, 0.25) is 0 Å². The van der Waals surface area contributed by atoms with Crippen molar-refractivity contribution in [3.8, 4) is 0 Å². The molecule has 1 saturated heterocycles. The lowest BCUT2D eigenvalue weighted by atomic mass is 10.0. The minimum absolute atomic E-state index is 0.0203. The summed E-state index contributed by atoms with van der Waals surface area (Å²) in [6.07, 6.45) is 1.79. The number of hydrogen-bond donors (Lipinski definition) is 1. The summed E-state index contributed by atoms with van der Waals surface area (Å²) in [7, 11) is 1.83. The second-order valence-electron chi connectivity index (χ2n) is 4.68. The number of benzene rings is 1. The fraction of sp³-hybridized carbons (Fsp3) is 0.500. The number of rotatable bonds is 3. The maximum Gasteiger partial charge on any atom is 0.244 e. The van der Waals surface area contributed by atoms with Crippen LogP contribution in [0.4, 0.5) is 0 Å². The highest BCUT2D eigenvalue weighted by Crippen LogP contribution is 2.18. The third-order valence-electron chi connectivity index (χ3n) is 3.51. The molecule has 1 aromatic rings. The Hall–Kier alpha value is -1.39. The average molecular weight is 248 g/mol. The maximum absolute atomic E-state index is 12.3. The summed E-state index contributed by atoms with van der Waals surface area (Å²) in [5.41, 5.74) is 6.89. The molecule has 0 aromatic heterocycles. The topological polar surface area (TPSA) is 55.6 Å². The summed E-state index contributed by atoms with van der Waals surface area (Å²) < 4.78 is 5.31. The van der Waals surface area contributed by atoms with E-state index in [-0.39, 0.29) is 11.9 Å². The molecule has 1 aliphatic heterocycles. The number of nitrogens with two attached hydrogens (primary N) is 1. The van der Waals surface area contributed by atoms with Crippen molar-refractivity contribution < 1.29 is 9.53 Å². The molecule has 1 amide bonds. The highest BCUT2D eigenvalue weighted by molar-refractivity contribution is 5.83. The van der Waals surface area contributed by atoms with Crippen LogP contribution in [0.5, 0.6) is 0 Å². The first-order valence-corrected chi connectivity index (χ1v) is 6.35. The van der Waals surface area contributed by atoms with Gasteiger partial charge in [0.1, 0.15) is 6.04 Å². The van der Waals surface area contributed by atoms with E-state index in [4.69, 9.17) is 10.5 Å². The molecule has 2 rings (SSSR count). The maximum atomic E-state index is 12.3. The molecule has 1 atom stereocenters. The normalized spacial score (nSPS) is 18.3. The Morgan fingerprint density at radius 1 is 1.33 bits per heavy atom. The third-order valence-corrected chi connectivity index (χ3v) is 3.51. The van der Waals surface area contributed by atoms with E-state index in [1.165, 1.54) is 0 Å². The first-order valence-electron chi connectivity index (χ1n) is 6.35. The highest BCUT2D eigenvalue weighted by atomic mass is 16.5. The van der Waals surface area contributed by atoms with Gasteiger partial charge in [-0.3, -0.25) is 4.79 Å². The van der Waals surface area contributed by atoms with Gasteiger partial charge in [-0.15, -0.1) is 0 Å². The van der Waals surface area contributed by atoms with E-state index in [9.17, 15) is 4.79 Å². The van der Waals surface area contributed by atoms with E-state index in [0.717, 1.165) is 31.6 Å². The number of ether oxygens (including phenoxy) is 1. The number of hydrogen-bond acceptors (Lipinski definition) is 3. The quantitative estimate of drug-likeness (QED) is 0.878. The molecule has 1 aliphatic rings. The van der Waals surface area contributed by atoms with Gasteiger partial charge in [-0.05, 0) is 18.4 Å². The summed E-state index contributed by atoms with van der Waals surface area (Å²) in [6.45, 7) is 1.45. The zero-order chi connectivity index (χ0) is 13.0. The Balaban J connectivity index is 2.01. The van der Waals surface area contributed by atoms with Gasteiger partial charge in [-0.2, -0.15) is 0 Å². The van der Waals surface area contributed by atoms with E-state index in [0.29, 0.717) is 0 Å². The number of carbonyl (C=O) groups is 1. The van der Waals surface area contributed by atoms with E-state index in [1.807, 2.05) is 37.4 Å². The first-order chi connectivity index (χ1) is 8.70. The fourth-order valence-corrected chi connectivity index (χ4v) is 2.27. The standard InChI is InChI=1S/C14H20N2O2/c1-16(12-7-9-18-10-8-12)14(17)13(15)11-5-3-2-4-6-11/h2-6,12-13H,7-10,15H2,1H3. The van der Waals surface area contributed by atoms with E-state index >= 15 is 0 Å². The highest BCUT2D eigenvalue weighted by Gasteiger charge is 2.26. The molecule has 0 saturated carbocycles. The number of carbonyl (C=O) groups excluding carboxylic acids is 1. The third kappa shape index (κ3) is 2.89. The Kier molecular flexibility index (Phi) is 4.33. The zero-order valence-electron chi connectivity index (χ0n) is 10.7. The lowest BCUT2D eigenvalue weighted by Crippen LogP contribution is -2.44. The number of nitrogens with zero attached hydrogens (tertiary/aromatic N) is 1. The molecular weight excluding hydrogens is 228 g/mol. The second-order valence-corrected chi connectivity index (χ2v) is 4.68. The number of amides is 1. The zero-order valence-corrected chi connectivity index (χ0v) is 10.7. The Morgan fingerprint density at radius 2 is 1.94 bits per heavy atom. The van der Waals surface area contributed by atoms with Crippen molar-refractivity contribution >= 4 is 5.91 Å². The van der Waals surface area contributed by atoms with Crippen LogP contribution < -0.4 is 5.73 Å². The van der Waals surface area contributed by atoms with Crippen LogP contribution >= 0.6 is 0 Å². The minimum atomic E-state index is -0.570. The van der Waals surface area contributed by atoms with Gasteiger partial charge < -0.3 is 15.4 Å². The van der Waals surface area contributed by atoms with Crippen LogP contribution in [0.15, 0.2) is 30.3 Å². The molecule has 4 heteroatoms. The van der Waals surface area contributed by atoms with Gasteiger partial charge in [0.25, 0.3) is 0 Å². The molecule has 1 unspecified atom stereocenters. The van der Waals surface area contributed by atoms with E-state index < -0.39 is 6.04 Å². The van der Waals surface area contributed by atoms with Crippen LogP contribution in [0.3, 0.4) is 0 Å². The van der Waals surface area contributed by atoms with Crippen molar-refractivity contribution in [2.75, 3.05) is 20.3 Å². The fourth-order valence-electron chi connectivity index (χ4n) is 2.27. The van der Waals surface area contributed by atoms with Gasteiger partial charge >= 0.3 is 0 Å². The van der Waals surface area contributed by atoms with Gasteiger partial charge in [-0.1, -0.05) is 30.3 Å². The van der Waals surface area contributed by atoms with Crippen LogP contribution in [-0.4, -0.2) is 37.1 Å². The van der Waals surface area contributed by atoms with Crippen LogP contribution in [-0.2, 0) is 9.53 Å². The molecule has 0 spiro atoms. The summed E-state index contributed by atoms with van der Waals surface area (Å²) in [5.74, 6) is -0.0203. The lowest BCUT2D eigenvalue weighted by molar-refractivity contribution is -0.135. The van der Waals surface area contributed by atoms with Crippen LogP contribution in [0.1, 0.15) is 24.4 Å². The van der Waals surface area contributed by atoms with Crippen molar-refractivity contribution in [3.05, 3.63) is 35.9 Å². The summed E-state index contributed by atoms with van der Waals surface area (Å²) in [6, 6.07) is 9.18. The molecule has 0 radical (unpaired) electrons. The molecule has 1 heterocycles. The molecule has 1 aromatic carbocycles. The number of likely N-dealkylation sites (N-methyl/N-ethyl adjacent to an activating group) is 1. The van der Waals surface area contributed by atoms with Gasteiger partial charge in [0.15, 0.2) is 0 Å². The molecular formula is C14H20N2O2. The van der Waals surface area contributed by atoms with Crippen molar-refractivity contribution in [1.29, 1.82) is 0 Å². The Morgan fingerprint density at radius 3 is 2.56 bits per heavy atom. The van der Waals surface area contributed by atoms with E-state index in [2.05, 4.69) is 0 Å². The molecule has 2 N–H and O–H groups in total. The van der Waals surface area contributed by atoms with Crippen molar-refractivity contribution in [2.45, 2.75) is 24.9 Å². The Labute approximate surface area is 108 Å².